The van der Waals surface area contributed by atoms with Gasteiger partial charge in [-0.3, -0.25) is 0 Å². The van der Waals surface area contributed by atoms with E-state index >= 15 is 0 Å². The molecular formula is C7H7N7S. The van der Waals surface area contributed by atoms with E-state index in [1.165, 1.54) is 6.20 Å². The average Bonchev–Trinajstić information content (AvgIpc) is 2.55. The summed E-state index contributed by atoms with van der Waals surface area (Å²) in [5, 5.41) is 10.1. The molecule has 0 aliphatic rings. The van der Waals surface area contributed by atoms with E-state index in [2.05, 4.69) is 27.6 Å². The zero-order chi connectivity index (χ0) is 11.0. The molecule has 0 fully saturated rings. The number of anilines is 1. The van der Waals surface area contributed by atoms with E-state index < -0.39 is 0 Å². The minimum Gasteiger partial charge on any atom is -0.332 e. The molecule has 2 heterocycles. The first-order valence-corrected chi connectivity index (χ1v) is 4.35. The average molecular weight is 221 g/mol. The van der Waals surface area contributed by atoms with E-state index in [0.29, 0.717) is 16.2 Å². The Morgan fingerprint density at radius 3 is 2.87 bits per heavy atom. The highest BCUT2D eigenvalue weighted by molar-refractivity contribution is 7.80. The molecule has 0 atom stereocenters. The quantitative estimate of drug-likeness (QED) is 0.297. The Hall–Kier alpha value is -1.82. The number of nitrogens with two attached hydrogens (primary N) is 2. The largest absolute Gasteiger partial charge is 0.332 e. The summed E-state index contributed by atoms with van der Waals surface area (Å²) in [6.45, 7) is 0. The lowest BCUT2D eigenvalue weighted by Gasteiger charge is -2.12. The molecule has 0 aliphatic heterocycles. The maximum absolute atomic E-state index is 8.83. The highest BCUT2D eigenvalue weighted by Crippen LogP contribution is 2.25. The SMILES string of the molecule is N#Cc1ncc2[nH]c(S)nc2c1N(N)N. The molecule has 2 aromatic rings. The van der Waals surface area contributed by atoms with Crippen molar-refractivity contribution in [2.24, 2.45) is 11.7 Å². The van der Waals surface area contributed by atoms with Crippen molar-refractivity contribution in [2.45, 2.75) is 5.16 Å². The minimum atomic E-state index is 0.118. The van der Waals surface area contributed by atoms with Crippen LogP contribution in [-0.2, 0) is 0 Å². The van der Waals surface area contributed by atoms with Crippen LogP contribution in [0.2, 0.25) is 0 Å². The second-order valence-corrected chi connectivity index (χ2v) is 3.22. The van der Waals surface area contributed by atoms with Gasteiger partial charge in [-0.1, -0.05) is 0 Å². The smallest absolute Gasteiger partial charge is 0.169 e. The molecule has 15 heavy (non-hydrogen) atoms. The van der Waals surface area contributed by atoms with Crippen molar-refractivity contribution in [3.63, 3.8) is 0 Å². The van der Waals surface area contributed by atoms with Gasteiger partial charge < -0.3 is 4.98 Å². The van der Waals surface area contributed by atoms with Gasteiger partial charge in [-0.2, -0.15) is 5.26 Å². The van der Waals surface area contributed by atoms with E-state index in [1.807, 2.05) is 6.07 Å². The van der Waals surface area contributed by atoms with Crippen molar-refractivity contribution < 1.29 is 0 Å². The van der Waals surface area contributed by atoms with Gasteiger partial charge in [0.15, 0.2) is 10.9 Å². The van der Waals surface area contributed by atoms with Gasteiger partial charge in [-0.15, -0.1) is 12.6 Å². The van der Waals surface area contributed by atoms with Crippen LogP contribution in [0.25, 0.3) is 11.0 Å². The summed E-state index contributed by atoms with van der Waals surface area (Å²) in [6.07, 6.45) is 1.48. The molecule has 2 aromatic heterocycles. The van der Waals surface area contributed by atoms with Crippen LogP contribution in [0.1, 0.15) is 5.69 Å². The van der Waals surface area contributed by atoms with Crippen molar-refractivity contribution in [1.82, 2.24) is 15.0 Å². The van der Waals surface area contributed by atoms with Crippen molar-refractivity contribution in [1.29, 1.82) is 5.26 Å². The maximum atomic E-state index is 8.83. The lowest BCUT2D eigenvalue weighted by Crippen LogP contribution is -2.38. The molecule has 8 heteroatoms. The molecular weight excluding hydrogens is 214 g/mol. The number of imidazole rings is 1. The Labute approximate surface area is 90.1 Å². The monoisotopic (exact) mass is 221 g/mol. The van der Waals surface area contributed by atoms with E-state index in [-0.39, 0.29) is 11.4 Å². The van der Waals surface area contributed by atoms with E-state index in [4.69, 9.17) is 16.9 Å². The van der Waals surface area contributed by atoms with Gasteiger partial charge in [0, 0.05) is 0 Å². The van der Waals surface area contributed by atoms with Crippen LogP contribution < -0.4 is 16.8 Å². The summed E-state index contributed by atoms with van der Waals surface area (Å²) in [5.41, 5.74) is 1.48. The van der Waals surface area contributed by atoms with Gasteiger partial charge in [-0.05, 0) is 0 Å². The van der Waals surface area contributed by atoms with Gasteiger partial charge in [-0.25, -0.2) is 26.8 Å². The number of nitrogens with one attached hydrogen (secondary N) is 1. The Kier molecular flexibility index (Phi) is 2.20. The highest BCUT2D eigenvalue weighted by Gasteiger charge is 2.14. The third kappa shape index (κ3) is 1.48. The lowest BCUT2D eigenvalue weighted by atomic mass is 10.3. The fourth-order valence-electron chi connectivity index (χ4n) is 1.28. The molecule has 7 nitrogen and oxygen atoms in total. The lowest BCUT2D eigenvalue weighted by molar-refractivity contribution is 0.919. The molecule has 0 aliphatic carbocycles. The number of rotatable bonds is 1. The summed E-state index contributed by atoms with van der Waals surface area (Å²) < 4.78 is 0. The molecule has 0 bridgehead atoms. The molecule has 5 N–H and O–H groups in total. The Bertz CT molecular complexity index is 552. The van der Waals surface area contributed by atoms with Crippen molar-refractivity contribution in [3.05, 3.63) is 11.9 Å². The third-order valence-corrected chi connectivity index (χ3v) is 2.07. The van der Waals surface area contributed by atoms with Gasteiger partial charge in [0.05, 0.1) is 11.7 Å². The fourth-order valence-corrected chi connectivity index (χ4v) is 1.50. The van der Waals surface area contributed by atoms with Crippen LogP contribution in [0.3, 0.4) is 0 Å². The Morgan fingerprint density at radius 2 is 2.27 bits per heavy atom. The predicted molar refractivity (Wildman–Crippen MR) is 56.7 cm³/mol. The van der Waals surface area contributed by atoms with Crippen molar-refractivity contribution in [3.8, 4) is 6.07 Å². The Balaban J connectivity index is 2.85. The summed E-state index contributed by atoms with van der Waals surface area (Å²) >= 11 is 4.04. The van der Waals surface area contributed by atoms with Gasteiger partial charge in [0.2, 0.25) is 0 Å². The van der Waals surface area contributed by atoms with Crippen molar-refractivity contribution >= 4 is 29.3 Å². The molecule has 0 radical (unpaired) electrons. The number of pyridine rings is 1. The number of nitrogens with zero attached hydrogens (tertiary/aromatic N) is 4. The number of hydrazine groups is 2. The van der Waals surface area contributed by atoms with Crippen LogP contribution in [0.15, 0.2) is 11.4 Å². The summed E-state index contributed by atoms with van der Waals surface area (Å²) in [6, 6.07) is 1.89. The molecule has 0 saturated heterocycles. The molecule has 0 saturated carbocycles. The predicted octanol–water partition coefficient (Wildman–Crippen LogP) is -0.328. The highest BCUT2D eigenvalue weighted by atomic mass is 32.1. The molecule has 0 spiro atoms. The van der Waals surface area contributed by atoms with Crippen LogP contribution >= 0.6 is 12.6 Å². The topological polar surface area (TPSA) is 121 Å². The number of H-pyrrole nitrogens is 1. The van der Waals surface area contributed by atoms with Crippen LogP contribution in [0.5, 0.6) is 0 Å². The Morgan fingerprint density at radius 1 is 1.53 bits per heavy atom. The number of aromatic nitrogens is 3. The van der Waals surface area contributed by atoms with Gasteiger partial charge in [0.25, 0.3) is 0 Å². The number of hydrogen-bond donors (Lipinski definition) is 4. The molecule has 0 aromatic carbocycles. The second kappa shape index (κ2) is 3.39. The van der Waals surface area contributed by atoms with E-state index in [0.717, 1.165) is 5.12 Å². The second-order valence-electron chi connectivity index (χ2n) is 2.80. The summed E-state index contributed by atoms with van der Waals surface area (Å²) in [5.74, 6) is 10.8. The first-order valence-electron chi connectivity index (χ1n) is 3.90. The normalized spacial score (nSPS) is 10.3. The summed E-state index contributed by atoms with van der Waals surface area (Å²) in [7, 11) is 0. The van der Waals surface area contributed by atoms with Crippen LogP contribution in [0, 0.1) is 11.3 Å². The number of aromatic amines is 1. The standard InChI is InChI=1S/C7H7N7S/c8-1-3-6(14(9)10)5-4(2-11-3)12-7(15)13-5/h2H,9-10H2,(H2,12,13,15). The van der Waals surface area contributed by atoms with Gasteiger partial charge in [0.1, 0.15) is 17.3 Å². The maximum Gasteiger partial charge on any atom is 0.169 e. The summed E-state index contributed by atoms with van der Waals surface area (Å²) in [4.78, 5) is 10.8. The molecule has 2 rings (SSSR count). The third-order valence-electron chi connectivity index (χ3n) is 1.85. The van der Waals surface area contributed by atoms with Crippen LogP contribution in [-0.4, -0.2) is 15.0 Å². The first kappa shape index (κ1) is 9.72. The van der Waals surface area contributed by atoms with Gasteiger partial charge >= 0.3 is 0 Å². The van der Waals surface area contributed by atoms with E-state index in [9.17, 15) is 0 Å². The number of fused-ring (bicyclic) bond motifs is 1. The molecule has 0 amide bonds. The first-order chi connectivity index (χ1) is 7.13. The molecule has 76 valence electrons. The zero-order valence-corrected chi connectivity index (χ0v) is 8.36. The number of thiol groups is 1. The molecule has 0 unspecified atom stereocenters. The zero-order valence-electron chi connectivity index (χ0n) is 7.47. The van der Waals surface area contributed by atoms with Crippen molar-refractivity contribution in [2.75, 3.05) is 5.12 Å². The fraction of sp³-hybridized carbons (Fsp3) is 0. The number of nitriles is 1. The van der Waals surface area contributed by atoms with Crippen LogP contribution in [0.4, 0.5) is 5.69 Å². The number of hydrogen-bond acceptors (Lipinski definition) is 7. The minimum absolute atomic E-state index is 0.118. The van der Waals surface area contributed by atoms with E-state index in [1.54, 1.807) is 0 Å².